The summed E-state index contributed by atoms with van der Waals surface area (Å²) in [6.07, 6.45) is 0. The summed E-state index contributed by atoms with van der Waals surface area (Å²) in [5.74, 6) is -0.947. The number of urea groups is 1. The van der Waals surface area contributed by atoms with E-state index in [4.69, 9.17) is 0 Å². The lowest BCUT2D eigenvalue weighted by Gasteiger charge is -2.24. The minimum atomic E-state index is -1.28. The highest BCUT2D eigenvalue weighted by Gasteiger charge is 2.50. The quantitative estimate of drug-likeness (QED) is 0.433. The summed E-state index contributed by atoms with van der Waals surface area (Å²) in [5.41, 5.74) is 2.23. The van der Waals surface area contributed by atoms with Crippen molar-refractivity contribution in [2.75, 3.05) is 11.9 Å². The second kappa shape index (κ2) is 8.39. The van der Waals surface area contributed by atoms with E-state index in [0.29, 0.717) is 16.9 Å². The van der Waals surface area contributed by atoms with Crippen LogP contribution in [0.1, 0.15) is 23.9 Å². The number of aromatic nitrogens is 2. The highest BCUT2D eigenvalue weighted by Crippen LogP contribution is 2.34. The molecule has 1 aliphatic rings. The van der Waals surface area contributed by atoms with E-state index in [1.54, 1.807) is 18.5 Å². The molecule has 1 saturated heterocycles. The van der Waals surface area contributed by atoms with E-state index in [-0.39, 0.29) is 0 Å². The van der Waals surface area contributed by atoms with Gasteiger partial charge in [-0.05, 0) is 49.2 Å². The van der Waals surface area contributed by atoms with Crippen LogP contribution in [0, 0.1) is 13.8 Å². The number of anilines is 1. The molecule has 1 aliphatic heterocycles. The topological polar surface area (TPSA) is 96.3 Å². The van der Waals surface area contributed by atoms with Crippen LogP contribution >= 0.6 is 0 Å². The van der Waals surface area contributed by atoms with Gasteiger partial charge >= 0.3 is 6.03 Å². The first-order valence-electron chi connectivity index (χ1n) is 11.3. The lowest BCUT2D eigenvalue weighted by molar-refractivity contribution is -0.133. The van der Waals surface area contributed by atoms with Gasteiger partial charge in [-0.3, -0.25) is 14.5 Å². The number of para-hydroxylation sites is 1. The van der Waals surface area contributed by atoms with Crippen molar-refractivity contribution in [3.05, 3.63) is 89.7 Å². The molecular formula is C27H25N5O3. The molecule has 0 radical (unpaired) electrons. The molecule has 2 heterocycles. The fourth-order valence-corrected chi connectivity index (χ4v) is 4.65. The molecular weight excluding hydrogens is 442 g/mol. The van der Waals surface area contributed by atoms with Crippen LogP contribution in [0.3, 0.4) is 0 Å². The number of benzene rings is 3. The summed E-state index contributed by atoms with van der Waals surface area (Å²) in [5, 5.41) is 12.0. The zero-order valence-electron chi connectivity index (χ0n) is 19.7. The Balaban J connectivity index is 1.38. The highest BCUT2D eigenvalue weighted by molar-refractivity contribution is 6.11. The third-order valence-corrected chi connectivity index (χ3v) is 6.46. The van der Waals surface area contributed by atoms with Gasteiger partial charge in [-0.15, -0.1) is 0 Å². The van der Waals surface area contributed by atoms with Crippen molar-refractivity contribution in [1.82, 2.24) is 20.0 Å². The molecule has 4 aromatic rings. The van der Waals surface area contributed by atoms with E-state index in [9.17, 15) is 14.4 Å². The van der Waals surface area contributed by atoms with Gasteiger partial charge < -0.3 is 10.6 Å². The van der Waals surface area contributed by atoms with Crippen LogP contribution in [0.4, 0.5) is 10.5 Å². The lowest BCUT2D eigenvalue weighted by atomic mass is 9.88. The van der Waals surface area contributed by atoms with Gasteiger partial charge in [-0.2, -0.15) is 5.10 Å². The number of aryl methyl sites for hydroxylation is 1. The van der Waals surface area contributed by atoms with Crippen LogP contribution in [-0.4, -0.2) is 39.1 Å². The molecule has 2 N–H and O–H groups in total. The van der Waals surface area contributed by atoms with E-state index in [0.717, 1.165) is 27.1 Å². The standard InChI is InChI=1S/C27H25N5O3/c1-17-24(18(2)32(30-17)20-12-5-4-6-13-20)28-23(33)16-31-25(34)27(3,29-26(31)35)22-15-9-11-19-10-7-8-14-21(19)22/h4-15H,16H2,1-3H3,(H,28,33)(H,29,35). The molecule has 1 aromatic heterocycles. The Morgan fingerprint density at radius 2 is 1.66 bits per heavy atom. The van der Waals surface area contributed by atoms with Gasteiger partial charge in [0.15, 0.2) is 0 Å². The Labute approximate surface area is 202 Å². The molecule has 35 heavy (non-hydrogen) atoms. The Morgan fingerprint density at radius 1 is 0.971 bits per heavy atom. The van der Waals surface area contributed by atoms with Gasteiger partial charge in [0, 0.05) is 0 Å². The molecule has 8 heteroatoms. The molecule has 8 nitrogen and oxygen atoms in total. The first-order chi connectivity index (χ1) is 16.8. The number of nitrogens with zero attached hydrogens (tertiary/aromatic N) is 3. The van der Waals surface area contributed by atoms with Crippen LogP contribution in [-0.2, 0) is 15.1 Å². The second-order valence-electron chi connectivity index (χ2n) is 8.81. The van der Waals surface area contributed by atoms with Gasteiger partial charge in [0.05, 0.1) is 22.8 Å². The molecule has 5 rings (SSSR count). The minimum absolute atomic E-state index is 0.402. The third kappa shape index (κ3) is 3.73. The highest BCUT2D eigenvalue weighted by atomic mass is 16.2. The molecule has 1 unspecified atom stereocenters. The zero-order chi connectivity index (χ0) is 24.7. The number of hydrogen-bond donors (Lipinski definition) is 2. The monoisotopic (exact) mass is 467 g/mol. The largest absolute Gasteiger partial charge is 0.325 e. The van der Waals surface area contributed by atoms with E-state index in [2.05, 4.69) is 15.7 Å². The Bertz CT molecular complexity index is 1470. The van der Waals surface area contributed by atoms with Gasteiger partial charge in [0.2, 0.25) is 5.91 Å². The maximum absolute atomic E-state index is 13.4. The summed E-state index contributed by atoms with van der Waals surface area (Å²) in [6, 6.07) is 22.3. The molecule has 0 aliphatic carbocycles. The first-order valence-corrected chi connectivity index (χ1v) is 11.3. The molecule has 3 aromatic carbocycles. The number of carbonyl (C=O) groups is 3. The van der Waals surface area contributed by atoms with Gasteiger partial charge in [0.1, 0.15) is 12.1 Å². The second-order valence-corrected chi connectivity index (χ2v) is 8.81. The fourth-order valence-electron chi connectivity index (χ4n) is 4.65. The molecule has 0 bridgehead atoms. The van der Waals surface area contributed by atoms with Crippen molar-refractivity contribution < 1.29 is 14.4 Å². The summed E-state index contributed by atoms with van der Waals surface area (Å²) >= 11 is 0. The van der Waals surface area contributed by atoms with E-state index < -0.39 is 29.9 Å². The van der Waals surface area contributed by atoms with E-state index >= 15 is 0 Å². The molecule has 0 saturated carbocycles. The molecule has 0 spiro atoms. The number of hydrogen-bond acceptors (Lipinski definition) is 4. The fraction of sp³-hybridized carbons (Fsp3) is 0.185. The van der Waals surface area contributed by atoms with Crippen molar-refractivity contribution in [3.8, 4) is 5.69 Å². The number of rotatable bonds is 5. The Hall–Kier alpha value is -4.46. The first kappa shape index (κ1) is 22.3. The van der Waals surface area contributed by atoms with Crippen LogP contribution in [0.25, 0.3) is 16.5 Å². The number of fused-ring (bicyclic) bond motifs is 1. The van der Waals surface area contributed by atoms with E-state index in [1.807, 2.05) is 79.7 Å². The third-order valence-electron chi connectivity index (χ3n) is 6.46. The summed E-state index contributed by atoms with van der Waals surface area (Å²) in [6.45, 7) is 4.92. The van der Waals surface area contributed by atoms with Crippen LogP contribution in [0.2, 0.25) is 0 Å². The van der Waals surface area contributed by atoms with Gasteiger partial charge in [0.25, 0.3) is 5.91 Å². The van der Waals surface area contributed by atoms with Gasteiger partial charge in [-0.1, -0.05) is 60.7 Å². The number of nitrogens with one attached hydrogen (secondary N) is 2. The normalized spacial score (nSPS) is 17.6. The smallest absolute Gasteiger partial charge is 0.321 e. The Kier molecular flexibility index (Phi) is 5.36. The SMILES string of the molecule is Cc1nn(-c2ccccc2)c(C)c1NC(=O)CN1C(=O)NC(C)(c2cccc3ccccc23)C1=O. The number of amides is 4. The van der Waals surface area contributed by atoms with Crippen LogP contribution < -0.4 is 10.6 Å². The molecule has 176 valence electrons. The molecule has 1 atom stereocenters. The maximum Gasteiger partial charge on any atom is 0.325 e. The number of carbonyl (C=O) groups excluding carboxylic acids is 3. The maximum atomic E-state index is 13.4. The van der Waals surface area contributed by atoms with E-state index in [1.165, 1.54) is 0 Å². The summed E-state index contributed by atoms with van der Waals surface area (Å²) < 4.78 is 1.75. The van der Waals surface area contributed by atoms with Crippen molar-refractivity contribution >= 4 is 34.3 Å². The molecule has 1 fully saturated rings. The zero-order valence-corrected chi connectivity index (χ0v) is 19.7. The van der Waals surface area contributed by atoms with Crippen LogP contribution in [0.5, 0.6) is 0 Å². The van der Waals surface area contributed by atoms with Crippen molar-refractivity contribution in [1.29, 1.82) is 0 Å². The van der Waals surface area contributed by atoms with Crippen molar-refractivity contribution in [3.63, 3.8) is 0 Å². The predicted molar refractivity (Wildman–Crippen MR) is 133 cm³/mol. The van der Waals surface area contributed by atoms with Crippen LogP contribution in [0.15, 0.2) is 72.8 Å². The summed E-state index contributed by atoms with van der Waals surface area (Å²) in [4.78, 5) is 40.2. The lowest BCUT2D eigenvalue weighted by Crippen LogP contribution is -2.42. The minimum Gasteiger partial charge on any atom is -0.321 e. The predicted octanol–water partition coefficient (Wildman–Crippen LogP) is 4.05. The average Bonchev–Trinajstić information content (AvgIpc) is 3.26. The van der Waals surface area contributed by atoms with Crippen molar-refractivity contribution in [2.24, 2.45) is 0 Å². The summed E-state index contributed by atoms with van der Waals surface area (Å²) in [7, 11) is 0. The number of imide groups is 1. The van der Waals surface area contributed by atoms with Crippen molar-refractivity contribution in [2.45, 2.75) is 26.3 Å². The average molecular weight is 468 g/mol. The van der Waals surface area contributed by atoms with Gasteiger partial charge in [-0.25, -0.2) is 9.48 Å². The molecule has 4 amide bonds. The Morgan fingerprint density at radius 3 is 2.43 bits per heavy atom.